The van der Waals surface area contributed by atoms with Crippen molar-refractivity contribution >= 4 is 44.5 Å². The van der Waals surface area contributed by atoms with Crippen molar-refractivity contribution in [3.8, 4) is 22.8 Å². The van der Waals surface area contributed by atoms with Crippen LogP contribution in [0.4, 0.5) is 5.00 Å². The first kappa shape index (κ1) is 22.8. The van der Waals surface area contributed by atoms with Crippen molar-refractivity contribution in [3.05, 3.63) is 52.0 Å². The first-order valence-corrected chi connectivity index (χ1v) is 11.9. The molecule has 1 N–H and O–H groups in total. The second-order valence-electron chi connectivity index (χ2n) is 7.12. The SMILES string of the molecule is CCOC(=O)c1cc(C)sc1NC(=O)Cc1csc2nc(-c3cc(OC)ccc3OC)cn12. The van der Waals surface area contributed by atoms with Gasteiger partial charge in [-0.15, -0.1) is 22.7 Å². The van der Waals surface area contributed by atoms with Gasteiger partial charge < -0.3 is 19.5 Å². The maximum absolute atomic E-state index is 12.8. The lowest BCUT2D eigenvalue weighted by atomic mass is 10.1. The monoisotopic (exact) mass is 485 g/mol. The van der Waals surface area contributed by atoms with Crippen LogP contribution in [0.2, 0.25) is 0 Å². The van der Waals surface area contributed by atoms with Gasteiger partial charge in [0.2, 0.25) is 5.91 Å². The predicted molar refractivity (Wildman–Crippen MR) is 129 cm³/mol. The summed E-state index contributed by atoms with van der Waals surface area (Å²) in [6.07, 6.45) is 2.01. The minimum absolute atomic E-state index is 0.129. The molecule has 0 aliphatic rings. The zero-order valence-electron chi connectivity index (χ0n) is 18.6. The zero-order chi connectivity index (χ0) is 23.5. The number of amides is 1. The third-order valence-electron chi connectivity index (χ3n) is 4.91. The number of benzene rings is 1. The standard InChI is InChI=1S/C23H23N3O5S2/c1-5-31-22(28)17-8-13(2)33-21(17)25-20(27)9-14-12-32-23-24-18(11-26(14)23)16-10-15(29-3)6-7-19(16)30-4/h6-8,10-12H,5,9H2,1-4H3,(H,25,27). The van der Waals surface area contributed by atoms with Gasteiger partial charge in [0.15, 0.2) is 4.96 Å². The van der Waals surface area contributed by atoms with Gasteiger partial charge in [-0.05, 0) is 38.1 Å². The number of fused-ring (bicyclic) bond motifs is 1. The Hall–Kier alpha value is -3.37. The Balaban J connectivity index is 1.57. The Bertz CT molecular complexity index is 1320. The number of ether oxygens (including phenoxy) is 3. The zero-order valence-corrected chi connectivity index (χ0v) is 20.3. The molecular formula is C23H23N3O5S2. The Morgan fingerprint density at radius 1 is 1.18 bits per heavy atom. The number of carbonyl (C=O) groups excluding carboxylic acids is 2. The summed E-state index contributed by atoms with van der Waals surface area (Å²) >= 11 is 2.80. The molecule has 10 heteroatoms. The van der Waals surface area contributed by atoms with E-state index < -0.39 is 5.97 Å². The number of aryl methyl sites for hydroxylation is 1. The topological polar surface area (TPSA) is 91.2 Å². The number of imidazole rings is 1. The minimum atomic E-state index is -0.443. The molecule has 1 aromatic carbocycles. The van der Waals surface area contributed by atoms with Crippen molar-refractivity contribution in [3.63, 3.8) is 0 Å². The molecule has 1 amide bonds. The molecule has 0 atom stereocenters. The quantitative estimate of drug-likeness (QED) is 0.360. The number of hydrogen-bond donors (Lipinski definition) is 1. The number of hydrogen-bond acceptors (Lipinski definition) is 8. The van der Waals surface area contributed by atoms with E-state index in [4.69, 9.17) is 19.2 Å². The van der Waals surface area contributed by atoms with Crippen LogP contribution in [0.25, 0.3) is 16.2 Å². The molecule has 0 saturated heterocycles. The average Bonchev–Trinajstić information content (AvgIpc) is 3.48. The maximum atomic E-state index is 12.8. The smallest absolute Gasteiger partial charge is 0.341 e. The molecule has 3 aromatic heterocycles. The number of esters is 1. The molecular weight excluding hydrogens is 462 g/mol. The highest BCUT2D eigenvalue weighted by molar-refractivity contribution is 7.16. The molecule has 0 bridgehead atoms. The van der Waals surface area contributed by atoms with Crippen molar-refractivity contribution in [2.75, 3.05) is 26.1 Å². The van der Waals surface area contributed by atoms with Gasteiger partial charge in [0, 0.05) is 27.7 Å². The highest BCUT2D eigenvalue weighted by Crippen LogP contribution is 2.34. The van der Waals surface area contributed by atoms with E-state index in [9.17, 15) is 9.59 Å². The average molecular weight is 486 g/mol. The van der Waals surface area contributed by atoms with Crippen LogP contribution < -0.4 is 14.8 Å². The molecule has 0 fully saturated rings. The normalized spacial score (nSPS) is 10.9. The third-order valence-corrected chi connectivity index (χ3v) is 6.77. The van der Waals surface area contributed by atoms with Crippen molar-refractivity contribution in [1.29, 1.82) is 0 Å². The number of thiophene rings is 1. The van der Waals surface area contributed by atoms with Gasteiger partial charge in [-0.1, -0.05) is 0 Å². The van der Waals surface area contributed by atoms with Gasteiger partial charge in [-0.25, -0.2) is 9.78 Å². The second kappa shape index (κ2) is 9.63. The van der Waals surface area contributed by atoms with Crippen molar-refractivity contribution in [2.24, 2.45) is 0 Å². The van der Waals surface area contributed by atoms with Crippen LogP contribution >= 0.6 is 22.7 Å². The van der Waals surface area contributed by atoms with E-state index in [0.717, 1.165) is 26.8 Å². The summed E-state index contributed by atoms with van der Waals surface area (Å²) < 4.78 is 17.8. The number of carbonyl (C=O) groups is 2. The van der Waals surface area contributed by atoms with Gasteiger partial charge in [-0.3, -0.25) is 9.20 Å². The van der Waals surface area contributed by atoms with E-state index in [0.29, 0.717) is 22.1 Å². The van der Waals surface area contributed by atoms with E-state index in [-0.39, 0.29) is 18.9 Å². The Morgan fingerprint density at radius 2 is 2.00 bits per heavy atom. The highest BCUT2D eigenvalue weighted by atomic mass is 32.1. The van der Waals surface area contributed by atoms with Crippen molar-refractivity contribution in [1.82, 2.24) is 9.38 Å². The van der Waals surface area contributed by atoms with E-state index in [1.54, 1.807) is 27.2 Å². The summed E-state index contributed by atoms with van der Waals surface area (Å²) in [6, 6.07) is 7.26. The minimum Gasteiger partial charge on any atom is -0.497 e. The molecule has 0 aliphatic heterocycles. The van der Waals surface area contributed by atoms with Crippen molar-refractivity contribution in [2.45, 2.75) is 20.3 Å². The largest absolute Gasteiger partial charge is 0.497 e. The summed E-state index contributed by atoms with van der Waals surface area (Å²) in [5.74, 6) is 0.712. The van der Waals surface area contributed by atoms with Gasteiger partial charge in [0.05, 0.1) is 38.5 Å². The molecule has 0 saturated carbocycles. The van der Waals surface area contributed by atoms with E-state index in [2.05, 4.69) is 5.32 Å². The lowest BCUT2D eigenvalue weighted by Crippen LogP contribution is -2.16. The first-order valence-electron chi connectivity index (χ1n) is 10.2. The summed E-state index contributed by atoms with van der Waals surface area (Å²) in [7, 11) is 3.22. The van der Waals surface area contributed by atoms with Crippen LogP contribution in [-0.4, -0.2) is 42.1 Å². The number of anilines is 1. The van der Waals surface area contributed by atoms with Gasteiger partial charge in [0.1, 0.15) is 16.5 Å². The predicted octanol–water partition coefficient (Wildman–Crippen LogP) is 4.81. The molecule has 3 heterocycles. The molecule has 0 unspecified atom stereocenters. The number of methoxy groups -OCH3 is 2. The van der Waals surface area contributed by atoms with Crippen molar-refractivity contribution < 1.29 is 23.8 Å². The summed E-state index contributed by atoms with van der Waals surface area (Å²) in [4.78, 5) is 31.4. The van der Waals surface area contributed by atoms with Crippen LogP contribution in [0.3, 0.4) is 0 Å². The lowest BCUT2D eigenvalue weighted by Gasteiger charge is -2.08. The van der Waals surface area contributed by atoms with Gasteiger partial charge >= 0.3 is 5.97 Å². The summed E-state index contributed by atoms with van der Waals surface area (Å²) in [5, 5.41) is 5.26. The fourth-order valence-electron chi connectivity index (χ4n) is 3.40. The molecule has 0 aliphatic carbocycles. The Labute approximate surface area is 198 Å². The molecule has 33 heavy (non-hydrogen) atoms. The van der Waals surface area contributed by atoms with E-state index in [1.807, 2.05) is 41.1 Å². The third kappa shape index (κ3) is 4.71. The molecule has 172 valence electrons. The highest BCUT2D eigenvalue weighted by Gasteiger charge is 2.20. The number of thiazole rings is 1. The lowest BCUT2D eigenvalue weighted by molar-refractivity contribution is -0.115. The molecule has 4 rings (SSSR count). The van der Waals surface area contributed by atoms with Crippen LogP contribution in [0.5, 0.6) is 11.5 Å². The number of nitrogens with zero attached hydrogens (tertiary/aromatic N) is 2. The number of nitrogens with one attached hydrogen (secondary N) is 1. The van der Waals surface area contributed by atoms with Crippen LogP contribution in [0.15, 0.2) is 35.8 Å². The van der Waals surface area contributed by atoms with E-state index >= 15 is 0 Å². The van der Waals surface area contributed by atoms with Crippen LogP contribution in [0.1, 0.15) is 27.9 Å². The first-order chi connectivity index (χ1) is 15.9. The van der Waals surface area contributed by atoms with Gasteiger partial charge in [0.25, 0.3) is 0 Å². The second-order valence-corrected chi connectivity index (χ2v) is 9.21. The van der Waals surface area contributed by atoms with Gasteiger partial charge in [-0.2, -0.15) is 0 Å². The molecule has 8 nitrogen and oxygen atoms in total. The number of aromatic nitrogens is 2. The Morgan fingerprint density at radius 3 is 2.73 bits per heavy atom. The number of rotatable bonds is 8. The summed E-state index contributed by atoms with van der Waals surface area (Å²) in [5.41, 5.74) is 2.69. The molecule has 4 aromatic rings. The molecule has 0 spiro atoms. The fourth-order valence-corrected chi connectivity index (χ4v) is 5.19. The van der Waals surface area contributed by atoms with E-state index in [1.165, 1.54) is 22.7 Å². The summed E-state index contributed by atoms with van der Waals surface area (Å²) in [6.45, 7) is 3.90. The molecule has 0 radical (unpaired) electrons. The Kier molecular flexibility index (Phi) is 6.66. The maximum Gasteiger partial charge on any atom is 0.341 e. The fraction of sp³-hybridized carbons (Fsp3) is 0.261. The van der Waals surface area contributed by atoms with Crippen LogP contribution in [-0.2, 0) is 16.0 Å². The van der Waals surface area contributed by atoms with Crippen LogP contribution in [0, 0.1) is 6.92 Å².